The first-order valence-electron chi connectivity index (χ1n) is 2.79. The Balaban J connectivity index is -0.000000101. The maximum atomic E-state index is 8.82. The zero-order valence-electron chi connectivity index (χ0n) is 9.26. The second-order valence-corrected chi connectivity index (χ2v) is 1.80. The Morgan fingerprint density at radius 1 is 1.27 bits per heavy atom. The minimum absolute atomic E-state index is 0. The van der Waals surface area contributed by atoms with E-state index in [1.807, 2.05) is 19.2 Å². The predicted molar refractivity (Wildman–Crippen MR) is 39.9 cm³/mol. The molecule has 2 nitrogen and oxygen atoms in total. The Hall–Kier alpha value is 1.46. The summed E-state index contributed by atoms with van der Waals surface area (Å²) in [5.74, 6) is 0.300. The summed E-state index contributed by atoms with van der Waals surface area (Å²) in [6.07, 6.45) is 0. The van der Waals surface area contributed by atoms with Crippen LogP contribution in [-0.4, -0.2) is 12.2 Å². The summed E-state index contributed by atoms with van der Waals surface area (Å²) >= 11 is 0. The summed E-state index contributed by atoms with van der Waals surface area (Å²) in [7, 11) is 1.84. The number of phenolic OH excluding ortho intramolecular Hbond substituents is 1. The van der Waals surface area contributed by atoms with Crippen molar-refractivity contribution in [1.29, 1.82) is 0 Å². The quantitative estimate of drug-likeness (QED) is 0.344. The van der Waals surface area contributed by atoms with Crippen molar-refractivity contribution in [1.82, 2.24) is 0 Å². The second kappa shape index (κ2) is 8.07. The molecule has 1 aromatic rings. The van der Waals surface area contributed by atoms with Crippen LogP contribution in [-0.2, 0) is 0 Å². The minimum Gasteiger partial charge on any atom is -1.00 e. The molecule has 0 saturated carbocycles. The third-order valence-electron chi connectivity index (χ3n) is 1.16. The molecule has 0 unspecified atom stereocenters. The normalized spacial score (nSPS) is 7.36. The molecule has 0 aliphatic heterocycles. The van der Waals surface area contributed by atoms with Crippen LogP contribution in [0.1, 0.15) is 2.85 Å². The van der Waals surface area contributed by atoms with E-state index in [0.717, 1.165) is 5.69 Å². The minimum atomic E-state index is 0. The van der Waals surface area contributed by atoms with E-state index < -0.39 is 0 Å². The number of hydrogen-bond donors (Lipinski definition) is 2. The van der Waals surface area contributed by atoms with Gasteiger partial charge in [0.1, 0.15) is 5.75 Å². The van der Waals surface area contributed by atoms with E-state index in [-0.39, 0.29) is 83.8 Å². The molecule has 0 radical (unpaired) electrons. The topological polar surface area (TPSA) is 32.3 Å². The Morgan fingerprint density at radius 3 is 2.09 bits per heavy atom. The fourth-order valence-corrected chi connectivity index (χ4v) is 0.628. The largest absolute Gasteiger partial charge is 1.00 e. The average molecular weight is 187 g/mol. The van der Waals surface area contributed by atoms with Crippen molar-refractivity contribution in [3.05, 3.63) is 24.3 Å². The molecule has 1 rings (SSSR count). The van der Waals surface area contributed by atoms with Gasteiger partial charge in [0.15, 0.2) is 0 Å². The van der Waals surface area contributed by atoms with Gasteiger partial charge in [0, 0.05) is 12.7 Å². The standard InChI is InChI=1S/C7H9NO.K.Na.2H/c1-8-6-2-4-7(9)5-3-6;;;;/h2-5,8-9H,1H3;;;;/q;2*+1;2*-1. The molecule has 1 aromatic carbocycles. The molecule has 0 aliphatic carbocycles. The van der Waals surface area contributed by atoms with Crippen molar-refractivity contribution in [3.8, 4) is 5.75 Å². The van der Waals surface area contributed by atoms with Crippen molar-refractivity contribution >= 4 is 5.69 Å². The number of anilines is 1. The fraction of sp³-hybridized carbons (Fsp3) is 0.143. The fourth-order valence-electron chi connectivity index (χ4n) is 0.628. The van der Waals surface area contributed by atoms with Crippen LogP contribution in [0.25, 0.3) is 0 Å². The van der Waals surface area contributed by atoms with Gasteiger partial charge in [0.2, 0.25) is 0 Å². The SMILES string of the molecule is CNc1ccc(O)cc1.[H-].[H-].[K+].[Na+]. The molecular weight excluding hydrogens is 176 g/mol. The van der Waals surface area contributed by atoms with E-state index >= 15 is 0 Å². The summed E-state index contributed by atoms with van der Waals surface area (Å²) in [5, 5.41) is 11.8. The molecule has 0 bridgehead atoms. The monoisotopic (exact) mass is 187 g/mol. The number of nitrogens with one attached hydrogen (secondary N) is 1. The maximum Gasteiger partial charge on any atom is 1.00 e. The van der Waals surface area contributed by atoms with Gasteiger partial charge in [-0.15, -0.1) is 0 Å². The molecular formula is C7H11KNNaO. The number of phenols is 1. The van der Waals surface area contributed by atoms with Crippen molar-refractivity contribution in [3.63, 3.8) is 0 Å². The molecule has 4 heteroatoms. The third-order valence-corrected chi connectivity index (χ3v) is 1.16. The first-order valence-corrected chi connectivity index (χ1v) is 2.79. The summed E-state index contributed by atoms with van der Waals surface area (Å²) in [6, 6.07) is 6.92. The van der Waals surface area contributed by atoms with Gasteiger partial charge in [0.05, 0.1) is 0 Å². The van der Waals surface area contributed by atoms with Crippen LogP contribution in [0.5, 0.6) is 5.75 Å². The molecule has 0 fully saturated rings. The van der Waals surface area contributed by atoms with E-state index in [9.17, 15) is 0 Å². The molecule has 11 heavy (non-hydrogen) atoms. The van der Waals surface area contributed by atoms with Crippen molar-refractivity contribution in [2.45, 2.75) is 0 Å². The van der Waals surface area contributed by atoms with Gasteiger partial charge >= 0.3 is 80.9 Å². The van der Waals surface area contributed by atoms with Gasteiger partial charge in [-0.3, -0.25) is 0 Å². The van der Waals surface area contributed by atoms with Crippen LogP contribution < -0.4 is 86.3 Å². The van der Waals surface area contributed by atoms with Gasteiger partial charge in [0.25, 0.3) is 0 Å². The Bertz CT molecular complexity index is 198. The molecule has 0 atom stereocenters. The van der Waals surface area contributed by atoms with Gasteiger partial charge in [-0.2, -0.15) is 0 Å². The van der Waals surface area contributed by atoms with Crippen molar-refractivity contribution in [2.24, 2.45) is 0 Å². The average Bonchev–Trinajstić information content (AvgIpc) is 1.90. The first-order chi connectivity index (χ1) is 4.33. The van der Waals surface area contributed by atoms with Crippen LogP contribution >= 0.6 is 0 Å². The van der Waals surface area contributed by atoms with E-state index in [1.165, 1.54) is 0 Å². The summed E-state index contributed by atoms with van der Waals surface area (Å²) in [6.45, 7) is 0. The van der Waals surface area contributed by atoms with Gasteiger partial charge in [-0.05, 0) is 24.3 Å². The molecule has 0 saturated heterocycles. The van der Waals surface area contributed by atoms with Crippen LogP contribution in [0.15, 0.2) is 24.3 Å². The van der Waals surface area contributed by atoms with Crippen LogP contribution in [0, 0.1) is 0 Å². The molecule has 0 aromatic heterocycles. The summed E-state index contributed by atoms with van der Waals surface area (Å²) in [4.78, 5) is 0. The molecule has 0 spiro atoms. The Kier molecular flexibility index (Phi) is 11.0. The zero-order valence-corrected chi connectivity index (χ0v) is 12.4. The maximum absolute atomic E-state index is 8.82. The van der Waals surface area contributed by atoms with Crippen LogP contribution in [0.2, 0.25) is 0 Å². The molecule has 52 valence electrons. The molecule has 2 N–H and O–H groups in total. The van der Waals surface area contributed by atoms with Crippen LogP contribution in [0.4, 0.5) is 5.69 Å². The van der Waals surface area contributed by atoms with Crippen molar-refractivity contribution < 1.29 is 88.9 Å². The first kappa shape index (κ1) is 15.0. The summed E-state index contributed by atoms with van der Waals surface area (Å²) < 4.78 is 0. The smallest absolute Gasteiger partial charge is 1.00 e. The summed E-state index contributed by atoms with van der Waals surface area (Å²) in [5.41, 5.74) is 1.01. The third kappa shape index (κ3) is 5.66. The second-order valence-electron chi connectivity index (χ2n) is 1.80. The Labute approximate surface area is 134 Å². The van der Waals surface area contributed by atoms with E-state index in [4.69, 9.17) is 5.11 Å². The zero-order chi connectivity index (χ0) is 6.69. The van der Waals surface area contributed by atoms with Gasteiger partial charge in [-0.1, -0.05) is 0 Å². The van der Waals surface area contributed by atoms with E-state index in [2.05, 4.69) is 5.32 Å². The predicted octanol–water partition coefficient (Wildman–Crippen LogP) is -4.33. The van der Waals surface area contributed by atoms with Crippen LogP contribution in [0.3, 0.4) is 0 Å². The Morgan fingerprint density at radius 2 is 1.73 bits per heavy atom. The number of aromatic hydroxyl groups is 1. The molecule has 0 aliphatic rings. The van der Waals surface area contributed by atoms with E-state index in [0.29, 0.717) is 5.75 Å². The molecule has 0 heterocycles. The van der Waals surface area contributed by atoms with E-state index in [1.54, 1.807) is 12.1 Å². The van der Waals surface area contributed by atoms with Gasteiger partial charge in [-0.25, -0.2) is 0 Å². The number of rotatable bonds is 1. The molecule has 0 amide bonds. The number of benzene rings is 1. The van der Waals surface area contributed by atoms with Gasteiger partial charge < -0.3 is 13.3 Å². The van der Waals surface area contributed by atoms with Crippen molar-refractivity contribution in [2.75, 3.05) is 12.4 Å². The number of hydrogen-bond acceptors (Lipinski definition) is 2.